The van der Waals surface area contributed by atoms with Crippen LogP contribution in [0.3, 0.4) is 0 Å². The summed E-state index contributed by atoms with van der Waals surface area (Å²) in [6.45, 7) is 0.189. The molecule has 0 aliphatic rings. The summed E-state index contributed by atoms with van der Waals surface area (Å²) in [7, 11) is 0. The SMILES string of the molecule is N#Cc1ccc(NCc2c(O)cccc2Cl)c(F)c1. The smallest absolute Gasteiger partial charge is 0.147 e. The van der Waals surface area contributed by atoms with Gasteiger partial charge in [0, 0.05) is 17.1 Å². The highest BCUT2D eigenvalue weighted by Gasteiger charge is 2.08. The Morgan fingerprint density at radius 1 is 1.32 bits per heavy atom. The molecule has 0 atom stereocenters. The second-order valence-corrected chi connectivity index (χ2v) is 4.30. The molecule has 0 aliphatic heterocycles. The van der Waals surface area contributed by atoms with Crippen LogP contribution in [0.4, 0.5) is 10.1 Å². The molecule has 19 heavy (non-hydrogen) atoms. The molecule has 96 valence electrons. The molecular weight excluding hydrogens is 267 g/mol. The summed E-state index contributed by atoms with van der Waals surface area (Å²) < 4.78 is 13.6. The number of phenolic OH excluding ortho intramolecular Hbond substituents is 1. The van der Waals surface area contributed by atoms with Crippen LogP contribution in [0.15, 0.2) is 36.4 Å². The van der Waals surface area contributed by atoms with Crippen molar-refractivity contribution in [2.24, 2.45) is 0 Å². The molecule has 0 saturated carbocycles. The minimum Gasteiger partial charge on any atom is -0.508 e. The van der Waals surface area contributed by atoms with Gasteiger partial charge in [-0.2, -0.15) is 5.26 Å². The Morgan fingerprint density at radius 2 is 2.11 bits per heavy atom. The van der Waals surface area contributed by atoms with Gasteiger partial charge in [0.2, 0.25) is 0 Å². The van der Waals surface area contributed by atoms with E-state index in [2.05, 4.69) is 5.32 Å². The monoisotopic (exact) mass is 276 g/mol. The molecule has 0 heterocycles. The number of benzene rings is 2. The van der Waals surface area contributed by atoms with Gasteiger partial charge in [-0.05, 0) is 30.3 Å². The van der Waals surface area contributed by atoms with Crippen molar-refractivity contribution in [2.75, 3.05) is 5.32 Å². The van der Waals surface area contributed by atoms with Crippen LogP contribution in [0.5, 0.6) is 5.75 Å². The largest absolute Gasteiger partial charge is 0.508 e. The summed E-state index contributed by atoms with van der Waals surface area (Å²) in [5.74, 6) is -0.473. The number of hydrogen-bond donors (Lipinski definition) is 2. The number of nitriles is 1. The van der Waals surface area contributed by atoms with Crippen molar-refractivity contribution >= 4 is 17.3 Å². The quantitative estimate of drug-likeness (QED) is 0.899. The second-order valence-electron chi connectivity index (χ2n) is 3.90. The molecule has 0 aliphatic carbocycles. The van der Waals surface area contributed by atoms with E-state index in [4.69, 9.17) is 16.9 Å². The average molecular weight is 277 g/mol. The van der Waals surface area contributed by atoms with Crippen LogP contribution in [0, 0.1) is 17.1 Å². The van der Waals surface area contributed by atoms with Gasteiger partial charge in [0.1, 0.15) is 11.6 Å². The van der Waals surface area contributed by atoms with Crippen molar-refractivity contribution in [1.29, 1.82) is 5.26 Å². The molecule has 0 fully saturated rings. The van der Waals surface area contributed by atoms with Crippen molar-refractivity contribution in [3.05, 3.63) is 58.4 Å². The number of nitrogens with one attached hydrogen (secondary N) is 1. The van der Waals surface area contributed by atoms with Gasteiger partial charge in [0.25, 0.3) is 0 Å². The van der Waals surface area contributed by atoms with Crippen LogP contribution in [-0.4, -0.2) is 5.11 Å². The maximum Gasteiger partial charge on any atom is 0.147 e. The Morgan fingerprint density at radius 3 is 2.74 bits per heavy atom. The third-order valence-electron chi connectivity index (χ3n) is 2.65. The highest BCUT2D eigenvalue weighted by molar-refractivity contribution is 6.31. The van der Waals surface area contributed by atoms with E-state index in [1.54, 1.807) is 12.1 Å². The highest BCUT2D eigenvalue weighted by Crippen LogP contribution is 2.26. The zero-order chi connectivity index (χ0) is 13.8. The number of nitrogens with zero attached hydrogens (tertiary/aromatic N) is 1. The van der Waals surface area contributed by atoms with Crippen LogP contribution < -0.4 is 5.32 Å². The lowest BCUT2D eigenvalue weighted by Gasteiger charge is -2.10. The highest BCUT2D eigenvalue weighted by atomic mass is 35.5. The van der Waals surface area contributed by atoms with Gasteiger partial charge in [-0.1, -0.05) is 17.7 Å². The van der Waals surface area contributed by atoms with Crippen LogP contribution in [0.2, 0.25) is 5.02 Å². The van der Waals surface area contributed by atoms with Gasteiger partial charge in [-0.3, -0.25) is 0 Å². The predicted octanol–water partition coefficient (Wildman–Crippen LogP) is 3.67. The molecule has 0 radical (unpaired) electrons. The molecular formula is C14H10ClFN2O. The third kappa shape index (κ3) is 2.95. The molecule has 0 spiro atoms. The van der Waals surface area contributed by atoms with E-state index < -0.39 is 5.82 Å². The van der Waals surface area contributed by atoms with E-state index in [9.17, 15) is 9.50 Å². The lowest BCUT2D eigenvalue weighted by molar-refractivity contribution is 0.469. The maximum absolute atomic E-state index is 13.6. The number of anilines is 1. The van der Waals surface area contributed by atoms with Crippen molar-refractivity contribution in [1.82, 2.24) is 0 Å². The number of hydrogen-bond acceptors (Lipinski definition) is 3. The number of rotatable bonds is 3. The lowest BCUT2D eigenvalue weighted by Crippen LogP contribution is -2.02. The van der Waals surface area contributed by atoms with Crippen molar-refractivity contribution < 1.29 is 9.50 Å². The van der Waals surface area contributed by atoms with Crippen molar-refractivity contribution in [2.45, 2.75) is 6.54 Å². The molecule has 2 aromatic rings. The summed E-state index contributed by atoms with van der Waals surface area (Å²) in [5.41, 5.74) is 0.995. The van der Waals surface area contributed by atoms with Crippen molar-refractivity contribution in [3.8, 4) is 11.8 Å². The molecule has 0 bridgehead atoms. The standard InChI is InChI=1S/C14H10ClFN2O/c15-11-2-1-3-14(19)10(11)8-18-13-5-4-9(7-17)6-12(13)16/h1-6,18-19H,8H2. The summed E-state index contributed by atoms with van der Waals surface area (Å²) in [6.07, 6.45) is 0. The fourth-order valence-electron chi connectivity index (χ4n) is 1.63. The van der Waals surface area contributed by atoms with Gasteiger partial charge in [0.15, 0.2) is 0 Å². The van der Waals surface area contributed by atoms with E-state index in [-0.39, 0.29) is 23.5 Å². The first-order valence-electron chi connectivity index (χ1n) is 5.51. The Balaban J connectivity index is 2.17. The molecule has 0 aromatic heterocycles. The lowest BCUT2D eigenvalue weighted by atomic mass is 10.1. The van der Waals surface area contributed by atoms with E-state index in [0.717, 1.165) is 6.07 Å². The zero-order valence-electron chi connectivity index (χ0n) is 9.82. The summed E-state index contributed by atoms with van der Waals surface area (Å²) in [5, 5.41) is 21.5. The minimum absolute atomic E-state index is 0.0500. The van der Waals surface area contributed by atoms with Gasteiger partial charge in [-0.25, -0.2) is 4.39 Å². The van der Waals surface area contributed by atoms with E-state index in [0.29, 0.717) is 10.6 Å². The summed E-state index contributed by atoms with van der Waals surface area (Å²) in [4.78, 5) is 0. The van der Waals surface area contributed by atoms with E-state index in [1.807, 2.05) is 6.07 Å². The average Bonchev–Trinajstić information content (AvgIpc) is 2.39. The Bertz CT molecular complexity index is 632. The normalized spacial score (nSPS) is 9.95. The summed E-state index contributed by atoms with van der Waals surface area (Å²) >= 11 is 5.95. The van der Waals surface area contributed by atoms with Gasteiger partial charge in [-0.15, -0.1) is 0 Å². The molecule has 2 aromatic carbocycles. The van der Waals surface area contributed by atoms with Gasteiger partial charge < -0.3 is 10.4 Å². The van der Waals surface area contributed by atoms with Crippen LogP contribution in [0.25, 0.3) is 0 Å². The molecule has 0 unspecified atom stereocenters. The maximum atomic E-state index is 13.6. The Hall–Kier alpha value is -2.25. The van der Waals surface area contributed by atoms with Crippen LogP contribution in [-0.2, 0) is 6.54 Å². The number of aromatic hydroxyl groups is 1. The third-order valence-corrected chi connectivity index (χ3v) is 3.00. The molecule has 2 rings (SSSR count). The predicted molar refractivity (Wildman–Crippen MR) is 71.6 cm³/mol. The molecule has 0 amide bonds. The Labute approximate surface area is 114 Å². The fourth-order valence-corrected chi connectivity index (χ4v) is 1.87. The first-order valence-corrected chi connectivity index (χ1v) is 5.89. The number of phenols is 1. The first-order chi connectivity index (χ1) is 9.11. The fraction of sp³-hybridized carbons (Fsp3) is 0.0714. The van der Waals surface area contributed by atoms with Gasteiger partial charge in [0.05, 0.1) is 17.3 Å². The number of halogens is 2. The second kappa shape index (κ2) is 5.59. The zero-order valence-corrected chi connectivity index (χ0v) is 10.6. The summed E-state index contributed by atoms with van der Waals surface area (Å²) in [6, 6.07) is 10.8. The van der Waals surface area contributed by atoms with Crippen LogP contribution >= 0.6 is 11.6 Å². The van der Waals surface area contributed by atoms with E-state index >= 15 is 0 Å². The molecule has 2 N–H and O–H groups in total. The van der Waals surface area contributed by atoms with Gasteiger partial charge >= 0.3 is 0 Å². The first kappa shape index (κ1) is 13.2. The van der Waals surface area contributed by atoms with Crippen molar-refractivity contribution in [3.63, 3.8) is 0 Å². The Kier molecular flexibility index (Phi) is 3.88. The van der Waals surface area contributed by atoms with E-state index in [1.165, 1.54) is 18.2 Å². The van der Waals surface area contributed by atoms with Crippen LogP contribution in [0.1, 0.15) is 11.1 Å². The molecule has 5 heteroatoms. The molecule has 3 nitrogen and oxygen atoms in total. The molecule has 0 saturated heterocycles. The minimum atomic E-state index is -0.523. The topological polar surface area (TPSA) is 56.0 Å².